The Kier molecular flexibility index (Phi) is 5.87. The molecule has 0 spiro atoms. The van der Waals surface area contributed by atoms with E-state index in [9.17, 15) is 9.59 Å². The Morgan fingerprint density at radius 1 is 1.29 bits per heavy atom. The van der Waals surface area contributed by atoms with Crippen LogP contribution in [0.2, 0.25) is 0 Å². The molecular formula is C15H21NO5. The van der Waals surface area contributed by atoms with Crippen molar-refractivity contribution in [3.8, 4) is 0 Å². The SMILES string of the molecule is CC(C)(C)OC(=O)c1ccccc1CN[C@@H](CO)C(=O)O. The Morgan fingerprint density at radius 3 is 2.43 bits per heavy atom. The lowest BCUT2D eigenvalue weighted by Gasteiger charge is -2.21. The molecule has 0 unspecified atom stereocenters. The molecule has 0 amide bonds. The summed E-state index contributed by atoms with van der Waals surface area (Å²) in [6.45, 7) is 4.95. The number of aliphatic carboxylic acids is 1. The van der Waals surface area contributed by atoms with Crippen molar-refractivity contribution in [1.29, 1.82) is 0 Å². The Morgan fingerprint density at radius 2 is 1.90 bits per heavy atom. The Hall–Kier alpha value is -1.92. The highest BCUT2D eigenvalue weighted by Gasteiger charge is 2.21. The van der Waals surface area contributed by atoms with E-state index >= 15 is 0 Å². The van der Waals surface area contributed by atoms with Gasteiger partial charge in [-0.25, -0.2) is 4.79 Å². The van der Waals surface area contributed by atoms with E-state index in [1.54, 1.807) is 45.0 Å². The van der Waals surface area contributed by atoms with Crippen LogP contribution in [0.3, 0.4) is 0 Å². The first-order chi connectivity index (χ1) is 9.74. The summed E-state index contributed by atoms with van der Waals surface area (Å²) in [7, 11) is 0. The number of carbonyl (C=O) groups excluding carboxylic acids is 1. The average Bonchev–Trinajstić information content (AvgIpc) is 2.37. The zero-order chi connectivity index (χ0) is 16.0. The van der Waals surface area contributed by atoms with Crippen LogP contribution in [0.15, 0.2) is 24.3 Å². The van der Waals surface area contributed by atoms with Gasteiger partial charge in [0.05, 0.1) is 12.2 Å². The first kappa shape index (κ1) is 17.1. The normalized spacial score (nSPS) is 12.8. The van der Waals surface area contributed by atoms with Crippen molar-refractivity contribution in [1.82, 2.24) is 5.32 Å². The van der Waals surface area contributed by atoms with Gasteiger partial charge in [0.25, 0.3) is 0 Å². The Labute approximate surface area is 123 Å². The van der Waals surface area contributed by atoms with Crippen molar-refractivity contribution in [2.45, 2.75) is 39.0 Å². The molecule has 6 nitrogen and oxygen atoms in total. The lowest BCUT2D eigenvalue weighted by atomic mass is 10.1. The molecule has 1 rings (SSSR count). The van der Waals surface area contributed by atoms with Crippen molar-refractivity contribution in [3.05, 3.63) is 35.4 Å². The molecule has 0 radical (unpaired) electrons. The van der Waals surface area contributed by atoms with Crippen LogP contribution in [-0.2, 0) is 16.1 Å². The lowest BCUT2D eigenvalue weighted by Crippen LogP contribution is -2.39. The number of aliphatic hydroxyl groups is 1. The van der Waals surface area contributed by atoms with Crippen LogP contribution in [0.5, 0.6) is 0 Å². The van der Waals surface area contributed by atoms with Gasteiger partial charge < -0.3 is 14.9 Å². The fraction of sp³-hybridized carbons (Fsp3) is 0.467. The molecule has 0 aliphatic rings. The standard InChI is InChI=1S/C15H21NO5/c1-15(2,3)21-14(20)11-7-5-4-6-10(11)8-16-12(9-17)13(18)19/h4-7,12,16-17H,8-9H2,1-3H3,(H,18,19)/t12-/m0/s1. The molecule has 0 heterocycles. The molecule has 0 saturated heterocycles. The van der Waals surface area contributed by atoms with Gasteiger partial charge in [-0.2, -0.15) is 0 Å². The largest absolute Gasteiger partial charge is 0.480 e. The first-order valence-electron chi connectivity index (χ1n) is 6.63. The second-order valence-electron chi connectivity index (χ2n) is 5.61. The highest BCUT2D eigenvalue weighted by atomic mass is 16.6. The summed E-state index contributed by atoms with van der Waals surface area (Å²) in [6, 6.07) is 5.72. The average molecular weight is 295 g/mol. The molecule has 1 atom stereocenters. The maximum atomic E-state index is 12.1. The number of carboxylic acids is 1. The molecular weight excluding hydrogens is 274 g/mol. The van der Waals surface area contributed by atoms with Gasteiger partial charge in [0, 0.05) is 6.54 Å². The van der Waals surface area contributed by atoms with Crippen LogP contribution < -0.4 is 5.32 Å². The molecule has 3 N–H and O–H groups in total. The summed E-state index contributed by atoms with van der Waals surface area (Å²) in [5, 5.41) is 20.5. The molecule has 0 bridgehead atoms. The number of carboxylic acid groups (broad SMARTS) is 1. The smallest absolute Gasteiger partial charge is 0.338 e. The summed E-state index contributed by atoms with van der Waals surface area (Å²) >= 11 is 0. The third-order valence-electron chi connectivity index (χ3n) is 2.66. The van der Waals surface area contributed by atoms with Crippen LogP contribution >= 0.6 is 0 Å². The fourth-order valence-electron chi connectivity index (χ4n) is 1.67. The van der Waals surface area contributed by atoms with E-state index in [1.165, 1.54) is 0 Å². The molecule has 0 fully saturated rings. The van der Waals surface area contributed by atoms with Gasteiger partial charge in [0.15, 0.2) is 0 Å². The van der Waals surface area contributed by atoms with Crippen molar-refractivity contribution in [2.75, 3.05) is 6.61 Å². The number of nitrogens with one attached hydrogen (secondary N) is 1. The number of benzene rings is 1. The minimum Gasteiger partial charge on any atom is -0.480 e. The van der Waals surface area contributed by atoms with E-state index in [4.69, 9.17) is 14.9 Å². The summed E-state index contributed by atoms with van der Waals surface area (Å²) < 4.78 is 5.31. The van der Waals surface area contributed by atoms with Gasteiger partial charge in [-0.1, -0.05) is 18.2 Å². The Balaban J connectivity index is 2.84. The zero-order valence-corrected chi connectivity index (χ0v) is 12.4. The van der Waals surface area contributed by atoms with Gasteiger partial charge >= 0.3 is 11.9 Å². The molecule has 0 aliphatic heterocycles. The third kappa shape index (κ3) is 5.53. The highest BCUT2D eigenvalue weighted by Crippen LogP contribution is 2.15. The van der Waals surface area contributed by atoms with Gasteiger partial charge in [0.1, 0.15) is 11.6 Å². The predicted octanol–water partition coefficient (Wildman–Crippen LogP) is 1.18. The lowest BCUT2D eigenvalue weighted by molar-refractivity contribution is -0.140. The number of esters is 1. The molecule has 0 aliphatic carbocycles. The van der Waals surface area contributed by atoms with Gasteiger partial charge in [-0.3, -0.25) is 10.1 Å². The van der Waals surface area contributed by atoms with E-state index in [0.717, 1.165) is 0 Å². The van der Waals surface area contributed by atoms with E-state index in [0.29, 0.717) is 11.1 Å². The maximum Gasteiger partial charge on any atom is 0.338 e. The number of rotatable bonds is 6. The Bertz CT molecular complexity index is 507. The molecule has 1 aromatic rings. The number of hydrogen-bond acceptors (Lipinski definition) is 5. The van der Waals surface area contributed by atoms with Gasteiger partial charge in [-0.15, -0.1) is 0 Å². The van der Waals surface area contributed by atoms with Crippen molar-refractivity contribution >= 4 is 11.9 Å². The summed E-state index contributed by atoms with van der Waals surface area (Å²) in [4.78, 5) is 23.0. The minimum absolute atomic E-state index is 0.146. The number of carbonyl (C=O) groups is 2. The van der Waals surface area contributed by atoms with E-state index in [2.05, 4.69) is 5.32 Å². The number of ether oxygens (including phenoxy) is 1. The summed E-state index contributed by atoms with van der Waals surface area (Å²) in [5.41, 5.74) is 0.389. The van der Waals surface area contributed by atoms with Crippen molar-refractivity contribution in [2.24, 2.45) is 0 Å². The second kappa shape index (κ2) is 7.19. The summed E-state index contributed by atoms with van der Waals surface area (Å²) in [5.74, 6) is -1.61. The van der Waals surface area contributed by atoms with Gasteiger partial charge in [-0.05, 0) is 32.4 Å². The third-order valence-corrected chi connectivity index (χ3v) is 2.66. The van der Waals surface area contributed by atoms with Crippen molar-refractivity contribution in [3.63, 3.8) is 0 Å². The van der Waals surface area contributed by atoms with Gasteiger partial charge in [0.2, 0.25) is 0 Å². The van der Waals surface area contributed by atoms with Crippen LogP contribution in [0, 0.1) is 0 Å². The van der Waals surface area contributed by atoms with E-state index < -0.39 is 30.2 Å². The van der Waals surface area contributed by atoms with Crippen LogP contribution in [0.4, 0.5) is 0 Å². The fourth-order valence-corrected chi connectivity index (χ4v) is 1.67. The molecule has 6 heteroatoms. The van der Waals surface area contributed by atoms with E-state index in [1.807, 2.05) is 0 Å². The minimum atomic E-state index is -1.15. The zero-order valence-electron chi connectivity index (χ0n) is 12.4. The molecule has 21 heavy (non-hydrogen) atoms. The topological polar surface area (TPSA) is 95.9 Å². The first-order valence-corrected chi connectivity index (χ1v) is 6.63. The monoisotopic (exact) mass is 295 g/mol. The quantitative estimate of drug-likeness (QED) is 0.682. The van der Waals surface area contributed by atoms with Crippen LogP contribution in [0.25, 0.3) is 0 Å². The molecule has 116 valence electrons. The second-order valence-corrected chi connectivity index (χ2v) is 5.61. The van der Waals surface area contributed by atoms with E-state index in [-0.39, 0.29) is 6.54 Å². The predicted molar refractivity (Wildman–Crippen MR) is 77.0 cm³/mol. The summed E-state index contributed by atoms with van der Waals surface area (Å²) in [6.07, 6.45) is 0. The highest BCUT2D eigenvalue weighted by molar-refractivity contribution is 5.91. The molecule has 0 saturated carbocycles. The van der Waals surface area contributed by atoms with Crippen LogP contribution in [-0.4, -0.2) is 40.4 Å². The molecule has 1 aromatic carbocycles. The maximum absolute atomic E-state index is 12.1. The number of aliphatic hydroxyl groups excluding tert-OH is 1. The van der Waals surface area contributed by atoms with Crippen LogP contribution in [0.1, 0.15) is 36.7 Å². The van der Waals surface area contributed by atoms with Crippen molar-refractivity contribution < 1.29 is 24.5 Å². The number of hydrogen-bond donors (Lipinski definition) is 3. The molecule has 0 aromatic heterocycles.